The number of likely N-dealkylation sites (tertiary alicyclic amines) is 2. The molecule has 6 nitrogen and oxygen atoms in total. The molecule has 6 heteroatoms. The van der Waals surface area contributed by atoms with Crippen molar-refractivity contribution < 1.29 is 14.6 Å². The SMILES string of the molecule is COc1cccc2ccc(CN3CCCC34CCCN(C3CCC(O)CC3)C4=O)nc12. The number of hydrogen-bond donors (Lipinski definition) is 1. The zero-order chi connectivity index (χ0) is 21.4. The van der Waals surface area contributed by atoms with E-state index < -0.39 is 0 Å². The van der Waals surface area contributed by atoms with E-state index in [1.165, 1.54) is 0 Å². The van der Waals surface area contributed by atoms with E-state index in [-0.39, 0.29) is 11.6 Å². The lowest BCUT2D eigenvalue weighted by Gasteiger charge is -2.48. The maximum absolute atomic E-state index is 13.8. The van der Waals surface area contributed by atoms with Crippen LogP contribution in [-0.4, -0.2) is 63.7 Å². The molecule has 5 rings (SSSR count). The third kappa shape index (κ3) is 3.70. The van der Waals surface area contributed by atoms with Crippen molar-refractivity contribution in [2.45, 2.75) is 75.6 Å². The summed E-state index contributed by atoms with van der Waals surface area (Å²) in [6.07, 6.45) is 7.28. The molecule has 2 aromatic rings. The lowest BCUT2D eigenvalue weighted by Crippen LogP contribution is -2.62. The van der Waals surface area contributed by atoms with E-state index >= 15 is 0 Å². The maximum atomic E-state index is 13.8. The molecule has 2 aliphatic heterocycles. The number of hydrogen-bond acceptors (Lipinski definition) is 5. The molecular formula is C25H33N3O3. The van der Waals surface area contributed by atoms with E-state index in [2.05, 4.69) is 28.0 Å². The average molecular weight is 424 g/mol. The first-order valence-corrected chi connectivity index (χ1v) is 11.8. The van der Waals surface area contributed by atoms with E-state index in [0.717, 1.165) is 86.8 Å². The van der Waals surface area contributed by atoms with Gasteiger partial charge < -0.3 is 14.7 Å². The molecule has 3 fully saturated rings. The molecule has 166 valence electrons. The van der Waals surface area contributed by atoms with Gasteiger partial charge in [0.25, 0.3) is 0 Å². The smallest absolute Gasteiger partial charge is 0.243 e. The van der Waals surface area contributed by atoms with Gasteiger partial charge in [-0.15, -0.1) is 0 Å². The van der Waals surface area contributed by atoms with E-state index in [1.807, 2.05) is 12.1 Å². The molecule has 1 spiro atoms. The number of aromatic nitrogens is 1. The summed E-state index contributed by atoms with van der Waals surface area (Å²) in [5, 5.41) is 11.0. The first-order chi connectivity index (χ1) is 15.1. The van der Waals surface area contributed by atoms with Crippen LogP contribution in [0.1, 0.15) is 57.1 Å². The summed E-state index contributed by atoms with van der Waals surface area (Å²) < 4.78 is 5.51. The standard InChI is InChI=1S/C25H33N3O3/c1-31-22-6-2-5-18-7-8-19(26-23(18)22)17-27-15-3-13-25(27)14-4-16-28(24(25)30)20-9-11-21(29)12-10-20/h2,5-8,20-21,29H,3-4,9-17H2,1H3. The van der Waals surface area contributed by atoms with Crippen molar-refractivity contribution in [3.63, 3.8) is 0 Å². The Balaban J connectivity index is 1.39. The van der Waals surface area contributed by atoms with Gasteiger partial charge in [-0.1, -0.05) is 18.2 Å². The summed E-state index contributed by atoms with van der Waals surface area (Å²) in [6, 6.07) is 10.5. The highest BCUT2D eigenvalue weighted by atomic mass is 16.5. The third-order valence-electron chi connectivity index (χ3n) is 7.69. The van der Waals surface area contributed by atoms with Crippen LogP contribution in [0.3, 0.4) is 0 Å². The predicted octanol–water partition coefficient (Wildman–Crippen LogP) is 3.50. The minimum Gasteiger partial charge on any atom is -0.494 e. The van der Waals surface area contributed by atoms with E-state index in [4.69, 9.17) is 9.72 Å². The molecule has 1 atom stereocenters. The van der Waals surface area contributed by atoms with E-state index in [9.17, 15) is 9.90 Å². The van der Waals surface area contributed by atoms with Gasteiger partial charge in [0.2, 0.25) is 5.91 Å². The summed E-state index contributed by atoms with van der Waals surface area (Å²) in [4.78, 5) is 23.3. The normalized spacial score (nSPS) is 29.7. The number of pyridine rings is 1. The van der Waals surface area contributed by atoms with Crippen LogP contribution >= 0.6 is 0 Å². The van der Waals surface area contributed by atoms with E-state index in [1.54, 1.807) is 7.11 Å². The number of benzene rings is 1. The summed E-state index contributed by atoms with van der Waals surface area (Å²) in [5.41, 5.74) is 1.49. The molecule has 1 N–H and O–H groups in total. The van der Waals surface area contributed by atoms with Crippen LogP contribution in [0.25, 0.3) is 10.9 Å². The number of piperidine rings is 1. The lowest BCUT2D eigenvalue weighted by molar-refractivity contribution is -0.152. The van der Waals surface area contributed by atoms with Crippen molar-refractivity contribution in [2.75, 3.05) is 20.2 Å². The van der Waals surface area contributed by atoms with Gasteiger partial charge in [0.15, 0.2) is 0 Å². The highest BCUT2D eigenvalue weighted by Gasteiger charge is 2.52. The number of fused-ring (bicyclic) bond motifs is 1. The van der Waals surface area contributed by atoms with Crippen LogP contribution in [0.5, 0.6) is 5.75 Å². The fourth-order valence-electron chi connectivity index (χ4n) is 6.03. The number of carbonyl (C=O) groups excluding carboxylic acids is 1. The monoisotopic (exact) mass is 423 g/mol. The molecule has 1 amide bonds. The Bertz CT molecular complexity index is 956. The summed E-state index contributed by atoms with van der Waals surface area (Å²) in [5.74, 6) is 1.10. The number of amides is 1. The van der Waals surface area contributed by atoms with Crippen molar-refractivity contribution in [2.24, 2.45) is 0 Å². The highest BCUT2D eigenvalue weighted by molar-refractivity contribution is 5.88. The summed E-state index contributed by atoms with van der Waals surface area (Å²) in [7, 11) is 1.68. The molecule has 3 aliphatic rings. The Morgan fingerprint density at radius 1 is 1.10 bits per heavy atom. The van der Waals surface area contributed by atoms with Gasteiger partial charge in [-0.25, -0.2) is 4.98 Å². The number of aliphatic hydroxyl groups excluding tert-OH is 1. The first-order valence-electron chi connectivity index (χ1n) is 11.8. The van der Waals surface area contributed by atoms with Crippen LogP contribution in [0.15, 0.2) is 30.3 Å². The molecule has 0 radical (unpaired) electrons. The Morgan fingerprint density at radius 3 is 2.65 bits per heavy atom. The molecule has 1 aromatic heterocycles. The van der Waals surface area contributed by atoms with Gasteiger partial charge >= 0.3 is 0 Å². The molecule has 1 aromatic carbocycles. The molecule has 1 aliphatic carbocycles. The number of carbonyl (C=O) groups is 1. The van der Waals surface area contributed by atoms with Crippen LogP contribution in [-0.2, 0) is 11.3 Å². The van der Waals surface area contributed by atoms with Gasteiger partial charge in [0.05, 0.1) is 18.9 Å². The van der Waals surface area contributed by atoms with Crippen molar-refractivity contribution >= 4 is 16.8 Å². The van der Waals surface area contributed by atoms with Crippen LogP contribution in [0.2, 0.25) is 0 Å². The van der Waals surface area contributed by atoms with Crippen molar-refractivity contribution in [3.05, 3.63) is 36.0 Å². The summed E-state index contributed by atoms with van der Waals surface area (Å²) in [6.45, 7) is 2.49. The number of nitrogens with zero attached hydrogens (tertiary/aromatic N) is 3. The second kappa shape index (κ2) is 8.40. The van der Waals surface area contributed by atoms with Crippen molar-refractivity contribution in [1.29, 1.82) is 0 Å². The molecule has 2 saturated heterocycles. The van der Waals surface area contributed by atoms with Gasteiger partial charge in [0, 0.05) is 24.5 Å². The number of rotatable bonds is 4. The molecule has 1 unspecified atom stereocenters. The van der Waals surface area contributed by atoms with Gasteiger partial charge in [-0.2, -0.15) is 0 Å². The maximum Gasteiger partial charge on any atom is 0.243 e. The van der Waals surface area contributed by atoms with Crippen LogP contribution in [0.4, 0.5) is 0 Å². The Hall–Kier alpha value is -2.18. The highest BCUT2D eigenvalue weighted by Crippen LogP contribution is 2.41. The molecule has 3 heterocycles. The van der Waals surface area contributed by atoms with Crippen LogP contribution in [0, 0.1) is 0 Å². The summed E-state index contributed by atoms with van der Waals surface area (Å²) >= 11 is 0. The third-order valence-corrected chi connectivity index (χ3v) is 7.69. The minimum atomic E-state index is -0.383. The molecular weight excluding hydrogens is 390 g/mol. The van der Waals surface area contributed by atoms with Gasteiger partial charge in [-0.05, 0) is 70.0 Å². The lowest BCUT2D eigenvalue weighted by atomic mass is 9.82. The second-order valence-corrected chi connectivity index (χ2v) is 9.46. The fraction of sp³-hybridized carbons (Fsp3) is 0.600. The number of para-hydroxylation sites is 1. The average Bonchev–Trinajstić information content (AvgIpc) is 3.18. The zero-order valence-corrected chi connectivity index (χ0v) is 18.4. The molecule has 0 bridgehead atoms. The number of methoxy groups -OCH3 is 1. The number of aliphatic hydroxyl groups is 1. The van der Waals surface area contributed by atoms with Crippen molar-refractivity contribution in [1.82, 2.24) is 14.8 Å². The second-order valence-electron chi connectivity index (χ2n) is 9.46. The predicted molar refractivity (Wildman–Crippen MR) is 120 cm³/mol. The Morgan fingerprint density at radius 2 is 1.87 bits per heavy atom. The number of ether oxygens (including phenoxy) is 1. The fourth-order valence-corrected chi connectivity index (χ4v) is 6.03. The van der Waals surface area contributed by atoms with Gasteiger partial charge in [-0.3, -0.25) is 9.69 Å². The van der Waals surface area contributed by atoms with Crippen LogP contribution < -0.4 is 4.74 Å². The van der Waals surface area contributed by atoms with E-state index in [0.29, 0.717) is 18.5 Å². The molecule has 31 heavy (non-hydrogen) atoms. The zero-order valence-electron chi connectivity index (χ0n) is 18.4. The first kappa shape index (κ1) is 20.7. The quantitative estimate of drug-likeness (QED) is 0.815. The minimum absolute atomic E-state index is 0.191. The topological polar surface area (TPSA) is 65.9 Å². The van der Waals surface area contributed by atoms with Crippen molar-refractivity contribution in [3.8, 4) is 5.75 Å². The largest absolute Gasteiger partial charge is 0.494 e. The van der Waals surface area contributed by atoms with Gasteiger partial charge in [0.1, 0.15) is 16.8 Å². The molecule has 1 saturated carbocycles. The Kier molecular flexibility index (Phi) is 5.61. The Labute approximate surface area is 184 Å².